The molecule has 1 unspecified atom stereocenters. The molecule has 0 bridgehead atoms. The predicted molar refractivity (Wildman–Crippen MR) is 109 cm³/mol. The molecule has 4 heteroatoms. The maximum Gasteiger partial charge on any atom is 0.307 e. The Morgan fingerprint density at radius 2 is 1.74 bits per heavy atom. The minimum atomic E-state index is -0.807. The lowest BCUT2D eigenvalue weighted by Crippen LogP contribution is -2.08. The van der Waals surface area contributed by atoms with E-state index in [9.17, 15) is 4.79 Å². The Kier molecular flexibility index (Phi) is 7.35. The fraction of sp³-hybridized carbons (Fsp3) is 0.304. The number of nitrogens with one attached hydrogen (secondary N) is 1. The number of carboxylic acid groups (broad SMARTS) is 1. The zero-order valence-electron chi connectivity index (χ0n) is 16.5. The van der Waals surface area contributed by atoms with Crippen LogP contribution in [0.25, 0.3) is 0 Å². The topological polar surface area (TPSA) is 66.0 Å². The largest absolute Gasteiger partial charge is 0.481 e. The van der Waals surface area contributed by atoms with Gasteiger partial charge in [0.15, 0.2) is 0 Å². The molecule has 1 aromatic heterocycles. The van der Waals surface area contributed by atoms with Crippen molar-refractivity contribution in [3.05, 3.63) is 88.5 Å². The number of benzene rings is 2. The third-order valence-electron chi connectivity index (χ3n) is 4.73. The maximum atomic E-state index is 10.8. The van der Waals surface area contributed by atoms with E-state index in [1.807, 2.05) is 44.3 Å². The summed E-state index contributed by atoms with van der Waals surface area (Å²) >= 11 is 0. The van der Waals surface area contributed by atoms with Gasteiger partial charge >= 0.3 is 5.97 Å². The number of carboxylic acids is 1. The molecule has 0 fully saturated rings. The van der Waals surface area contributed by atoms with E-state index in [0.29, 0.717) is 0 Å². The molecule has 0 aliphatic rings. The van der Waals surface area contributed by atoms with Crippen LogP contribution in [0.4, 0.5) is 0 Å². The van der Waals surface area contributed by atoms with E-state index in [0.717, 1.165) is 17.7 Å². The van der Waals surface area contributed by atoms with Crippen LogP contribution < -0.4 is 0 Å². The Morgan fingerprint density at radius 1 is 1.07 bits per heavy atom. The Hall–Kier alpha value is -2.88. The van der Waals surface area contributed by atoms with Gasteiger partial charge in [0, 0.05) is 17.8 Å². The van der Waals surface area contributed by atoms with Crippen LogP contribution in [-0.4, -0.2) is 21.0 Å². The summed E-state index contributed by atoms with van der Waals surface area (Å²) in [6.07, 6.45) is 4.48. The molecule has 0 spiro atoms. The van der Waals surface area contributed by atoms with Crippen molar-refractivity contribution in [3.63, 3.8) is 0 Å². The van der Waals surface area contributed by atoms with Gasteiger partial charge in [-0.1, -0.05) is 56.3 Å². The molecule has 3 rings (SSSR count). The number of hydrogen-bond donors (Lipinski definition) is 2. The number of aliphatic carboxylic acids is 1. The van der Waals surface area contributed by atoms with Crippen LogP contribution in [0.5, 0.6) is 0 Å². The molecule has 142 valence electrons. The summed E-state index contributed by atoms with van der Waals surface area (Å²) in [7, 11) is 0. The molecule has 3 aromatic rings. The average molecular weight is 364 g/mol. The van der Waals surface area contributed by atoms with Crippen LogP contribution in [0.3, 0.4) is 0 Å². The van der Waals surface area contributed by atoms with Crippen molar-refractivity contribution in [1.82, 2.24) is 9.97 Å². The molecule has 0 saturated carbocycles. The lowest BCUT2D eigenvalue weighted by atomic mass is 9.85. The lowest BCUT2D eigenvalue weighted by molar-refractivity contribution is -0.136. The van der Waals surface area contributed by atoms with Crippen LogP contribution in [0.15, 0.2) is 55.0 Å². The first-order valence-electron chi connectivity index (χ1n) is 9.38. The molecule has 2 N–H and O–H groups in total. The molecular formula is C23H28N2O2. The summed E-state index contributed by atoms with van der Waals surface area (Å²) in [4.78, 5) is 18.3. The average Bonchev–Trinajstić information content (AvgIpc) is 3.19. The van der Waals surface area contributed by atoms with Gasteiger partial charge in [0.05, 0.1) is 12.7 Å². The van der Waals surface area contributed by atoms with E-state index in [-0.39, 0.29) is 12.3 Å². The predicted octanol–water partition coefficient (Wildman–Crippen LogP) is 5.05. The van der Waals surface area contributed by atoms with Gasteiger partial charge in [0.2, 0.25) is 0 Å². The number of imidazole rings is 1. The van der Waals surface area contributed by atoms with Gasteiger partial charge in [-0.3, -0.25) is 4.79 Å². The van der Waals surface area contributed by atoms with Gasteiger partial charge in [-0.2, -0.15) is 0 Å². The summed E-state index contributed by atoms with van der Waals surface area (Å²) in [6.45, 7) is 8.29. The summed E-state index contributed by atoms with van der Waals surface area (Å²) < 4.78 is 0. The summed E-state index contributed by atoms with van der Waals surface area (Å²) in [5, 5.41) is 8.90. The second kappa shape index (κ2) is 9.72. The first kappa shape index (κ1) is 20.4. The lowest BCUT2D eigenvalue weighted by Gasteiger charge is -2.20. The van der Waals surface area contributed by atoms with Crippen LogP contribution in [-0.2, 0) is 17.6 Å². The van der Waals surface area contributed by atoms with Crippen molar-refractivity contribution in [3.8, 4) is 0 Å². The highest BCUT2D eigenvalue weighted by Crippen LogP contribution is 2.30. The number of carbonyl (C=O) groups is 1. The monoisotopic (exact) mass is 364 g/mol. The van der Waals surface area contributed by atoms with Crippen molar-refractivity contribution in [2.24, 2.45) is 0 Å². The quantitative estimate of drug-likeness (QED) is 0.643. The van der Waals surface area contributed by atoms with Crippen molar-refractivity contribution in [2.75, 3.05) is 0 Å². The fourth-order valence-electron chi connectivity index (χ4n) is 3.20. The second-order valence-electron chi connectivity index (χ2n) is 6.44. The number of nitrogens with zero attached hydrogens (tertiary/aromatic N) is 1. The van der Waals surface area contributed by atoms with E-state index < -0.39 is 5.97 Å². The SMILES string of the molecule is CC.Cc1cccc(C(Cc2ccc(CC(=O)O)cc2)c2cnc[nH]2)c1C. The molecule has 27 heavy (non-hydrogen) atoms. The van der Waals surface area contributed by atoms with Crippen LogP contribution in [0, 0.1) is 13.8 Å². The fourth-order valence-corrected chi connectivity index (χ4v) is 3.20. The first-order chi connectivity index (χ1) is 13.0. The molecule has 0 radical (unpaired) electrons. The zero-order valence-corrected chi connectivity index (χ0v) is 16.5. The Labute approximate surface area is 161 Å². The number of aromatic nitrogens is 2. The van der Waals surface area contributed by atoms with E-state index in [4.69, 9.17) is 5.11 Å². The summed E-state index contributed by atoms with van der Waals surface area (Å²) in [5.74, 6) is -0.619. The minimum absolute atomic E-state index is 0.0568. The van der Waals surface area contributed by atoms with Crippen molar-refractivity contribution >= 4 is 5.97 Å². The number of hydrogen-bond acceptors (Lipinski definition) is 2. The maximum absolute atomic E-state index is 10.8. The Morgan fingerprint density at radius 3 is 2.33 bits per heavy atom. The van der Waals surface area contributed by atoms with E-state index in [2.05, 4.69) is 42.0 Å². The standard InChI is InChI=1S/C21H22N2O2.C2H6/c1-14-4-3-5-18(15(14)2)19(20-12-22-13-23-20)10-16-6-8-17(9-7-16)11-21(24)25;1-2/h3-9,12-13,19H,10-11H2,1-2H3,(H,22,23)(H,24,25);1-2H3. The molecule has 0 amide bonds. The van der Waals surface area contributed by atoms with Crippen molar-refractivity contribution < 1.29 is 9.90 Å². The molecule has 0 aliphatic carbocycles. The van der Waals surface area contributed by atoms with Crippen LogP contribution in [0.2, 0.25) is 0 Å². The molecule has 1 heterocycles. The highest BCUT2D eigenvalue weighted by Gasteiger charge is 2.19. The first-order valence-corrected chi connectivity index (χ1v) is 9.38. The number of rotatable bonds is 6. The smallest absolute Gasteiger partial charge is 0.307 e. The third-order valence-corrected chi connectivity index (χ3v) is 4.73. The Bertz CT molecular complexity index is 853. The van der Waals surface area contributed by atoms with E-state index in [1.165, 1.54) is 22.3 Å². The highest BCUT2D eigenvalue weighted by molar-refractivity contribution is 5.70. The van der Waals surface area contributed by atoms with Gasteiger partial charge in [-0.25, -0.2) is 4.98 Å². The van der Waals surface area contributed by atoms with Crippen molar-refractivity contribution in [1.29, 1.82) is 0 Å². The van der Waals surface area contributed by atoms with Crippen molar-refractivity contribution in [2.45, 2.75) is 46.5 Å². The van der Waals surface area contributed by atoms with Gasteiger partial charge in [0.1, 0.15) is 0 Å². The van der Waals surface area contributed by atoms with Crippen LogP contribution >= 0.6 is 0 Å². The van der Waals surface area contributed by atoms with E-state index in [1.54, 1.807) is 6.33 Å². The summed E-state index contributed by atoms with van der Waals surface area (Å²) in [6, 6.07) is 14.2. The number of H-pyrrole nitrogens is 1. The molecule has 0 saturated heterocycles. The van der Waals surface area contributed by atoms with E-state index >= 15 is 0 Å². The number of aryl methyl sites for hydroxylation is 1. The third kappa shape index (κ3) is 5.30. The second-order valence-corrected chi connectivity index (χ2v) is 6.44. The molecule has 4 nitrogen and oxygen atoms in total. The van der Waals surface area contributed by atoms with Crippen LogP contribution in [0.1, 0.15) is 53.3 Å². The van der Waals surface area contributed by atoms with Gasteiger partial charge in [-0.15, -0.1) is 0 Å². The molecule has 1 atom stereocenters. The normalized spacial score (nSPS) is 11.4. The summed E-state index contributed by atoms with van der Waals surface area (Å²) in [5.41, 5.74) is 6.95. The Balaban J connectivity index is 0.00000126. The molecule has 0 aliphatic heterocycles. The molecular weight excluding hydrogens is 336 g/mol. The number of aromatic amines is 1. The zero-order chi connectivity index (χ0) is 19.8. The molecule has 2 aromatic carbocycles. The minimum Gasteiger partial charge on any atom is -0.481 e. The van der Waals surface area contributed by atoms with Gasteiger partial charge in [-0.05, 0) is 48.1 Å². The van der Waals surface area contributed by atoms with Gasteiger partial charge < -0.3 is 10.1 Å². The van der Waals surface area contributed by atoms with Gasteiger partial charge in [0.25, 0.3) is 0 Å². The highest BCUT2D eigenvalue weighted by atomic mass is 16.4.